The maximum Gasteiger partial charge on any atom is 0.139 e. The average molecular weight is 177 g/mol. The molecular formula is C10H8FNO. The minimum Gasteiger partial charge on any atom is -0.495 e. The van der Waals surface area contributed by atoms with Crippen LogP contribution >= 0.6 is 0 Å². The molecule has 0 atom stereocenters. The number of nitrogens with zero attached hydrogens (tertiary/aromatic N) is 1. The number of hydrogen-bond donors (Lipinski definition) is 0. The minimum absolute atomic E-state index is 0.241. The van der Waals surface area contributed by atoms with Gasteiger partial charge in [-0.15, -0.1) is 0 Å². The van der Waals surface area contributed by atoms with E-state index in [4.69, 9.17) is 10.00 Å². The first-order valence-electron chi connectivity index (χ1n) is 3.63. The summed E-state index contributed by atoms with van der Waals surface area (Å²) in [5.41, 5.74) is 0.608. The predicted molar refractivity (Wildman–Crippen MR) is 47.8 cm³/mol. The lowest BCUT2D eigenvalue weighted by atomic mass is 10.1. The molecule has 0 amide bonds. The molecule has 1 aromatic rings. The van der Waals surface area contributed by atoms with E-state index >= 15 is 0 Å². The van der Waals surface area contributed by atoms with Gasteiger partial charge in [0.05, 0.1) is 12.7 Å². The van der Waals surface area contributed by atoms with E-state index in [9.17, 15) is 4.39 Å². The number of nitriles is 1. The molecule has 0 aliphatic rings. The van der Waals surface area contributed by atoms with Crippen LogP contribution in [-0.2, 0) is 0 Å². The van der Waals surface area contributed by atoms with Crippen LogP contribution in [0.3, 0.4) is 0 Å². The molecule has 0 aliphatic heterocycles. The maximum atomic E-state index is 13.1. The summed E-state index contributed by atoms with van der Waals surface area (Å²) in [4.78, 5) is 0. The van der Waals surface area contributed by atoms with Crippen molar-refractivity contribution in [1.29, 1.82) is 5.26 Å². The van der Waals surface area contributed by atoms with Crippen molar-refractivity contribution in [2.24, 2.45) is 0 Å². The van der Waals surface area contributed by atoms with E-state index in [1.807, 2.05) is 6.07 Å². The lowest BCUT2D eigenvalue weighted by Crippen LogP contribution is -1.91. The highest BCUT2D eigenvalue weighted by atomic mass is 19.1. The number of rotatable bonds is 2. The topological polar surface area (TPSA) is 33.0 Å². The molecule has 66 valence electrons. The summed E-state index contributed by atoms with van der Waals surface area (Å²) in [6.07, 6.45) is 1.36. The minimum atomic E-state index is -0.439. The molecule has 0 aromatic heterocycles. The van der Waals surface area contributed by atoms with Gasteiger partial charge in [0.2, 0.25) is 0 Å². The van der Waals surface area contributed by atoms with E-state index in [0.29, 0.717) is 11.1 Å². The van der Waals surface area contributed by atoms with E-state index in [2.05, 4.69) is 6.58 Å². The van der Waals surface area contributed by atoms with Crippen molar-refractivity contribution in [1.82, 2.24) is 0 Å². The van der Waals surface area contributed by atoms with Gasteiger partial charge in [-0.2, -0.15) is 5.26 Å². The Morgan fingerprint density at radius 1 is 1.62 bits per heavy atom. The van der Waals surface area contributed by atoms with Crippen LogP contribution < -0.4 is 4.74 Å². The Morgan fingerprint density at radius 2 is 2.31 bits per heavy atom. The third-order valence-corrected chi connectivity index (χ3v) is 1.66. The molecule has 1 aromatic carbocycles. The lowest BCUT2D eigenvalue weighted by molar-refractivity contribution is 0.410. The van der Waals surface area contributed by atoms with Gasteiger partial charge in [0.25, 0.3) is 0 Å². The summed E-state index contributed by atoms with van der Waals surface area (Å²) in [6, 6.07) is 4.49. The van der Waals surface area contributed by atoms with Crippen LogP contribution in [0.1, 0.15) is 11.1 Å². The van der Waals surface area contributed by atoms with Gasteiger partial charge < -0.3 is 4.74 Å². The SMILES string of the molecule is C=Cc1cc(C#N)c(OC)cc1F. The summed E-state index contributed by atoms with van der Waals surface area (Å²) in [6.45, 7) is 3.43. The Hall–Kier alpha value is -1.82. The molecule has 0 radical (unpaired) electrons. The van der Waals surface area contributed by atoms with Crippen molar-refractivity contribution in [3.05, 3.63) is 35.7 Å². The largest absolute Gasteiger partial charge is 0.495 e. The van der Waals surface area contributed by atoms with E-state index in [1.165, 1.54) is 25.3 Å². The Labute approximate surface area is 75.9 Å². The fourth-order valence-electron chi connectivity index (χ4n) is 0.984. The molecule has 2 nitrogen and oxygen atoms in total. The van der Waals surface area contributed by atoms with Crippen LogP contribution in [0.2, 0.25) is 0 Å². The van der Waals surface area contributed by atoms with E-state index in [0.717, 1.165) is 0 Å². The quantitative estimate of drug-likeness (QED) is 0.694. The van der Waals surface area contributed by atoms with E-state index < -0.39 is 5.82 Å². The van der Waals surface area contributed by atoms with Crippen molar-refractivity contribution < 1.29 is 9.13 Å². The second-order valence-electron chi connectivity index (χ2n) is 2.39. The average Bonchev–Trinajstić information content (AvgIpc) is 2.17. The Morgan fingerprint density at radius 3 is 2.77 bits per heavy atom. The molecule has 0 bridgehead atoms. The summed E-state index contributed by atoms with van der Waals surface area (Å²) in [5.74, 6) is -0.198. The Kier molecular flexibility index (Phi) is 2.65. The first-order valence-corrected chi connectivity index (χ1v) is 3.63. The van der Waals surface area contributed by atoms with Crippen molar-refractivity contribution in [3.8, 4) is 11.8 Å². The molecular weight excluding hydrogens is 169 g/mol. The van der Waals surface area contributed by atoms with Gasteiger partial charge in [-0.1, -0.05) is 12.7 Å². The fourth-order valence-corrected chi connectivity index (χ4v) is 0.984. The smallest absolute Gasteiger partial charge is 0.139 e. The van der Waals surface area contributed by atoms with Crippen LogP contribution in [0, 0.1) is 17.1 Å². The Balaban J connectivity index is 3.36. The first-order chi connectivity index (χ1) is 6.22. The molecule has 0 spiro atoms. The van der Waals surface area contributed by atoms with Gasteiger partial charge in [0.1, 0.15) is 17.6 Å². The van der Waals surface area contributed by atoms with Gasteiger partial charge in [0.15, 0.2) is 0 Å². The van der Waals surface area contributed by atoms with Gasteiger partial charge >= 0.3 is 0 Å². The zero-order chi connectivity index (χ0) is 9.84. The second kappa shape index (κ2) is 3.72. The predicted octanol–water partition coefficient (Wildman–Crippen LogP) is 2.35. The molecule has 13 heavy (non-hydrogen) atoms. The fraction of sp³-hybridized carbons (Fsp3) is 0.100. The van der Waals surface area contributed by atoms with Crippen LogP contribution in [0.4, 0.5) is 4.39 Å². The van der Waals surface area contributed by atoms with Crippen LogP contribution in [0.15, 0.2) is 18.7 Å². The molecule has 0 fully saturated rings. The van der Waals surface area contributed by atoms with E-state index in [-0.39, 0.29) is 5.75 Å². The highest BCUT2D eigenvalue weighted by Gasteiger charge is 2.07. The van der Waals surface area contributed by atoms with Gasteiger partial charge in [0, 0.05) is 11.6 Å². The summed E-state index contributed by atoms with van der Waals surface area (Å²) < 4.78 is 17.9. The zero-order valence-corrected chi connectivity index (χ0v) is 7.17. The standard InChI is InChI=1S/C10H8FNO/c1-3-7-4-8(6-12)10(13-2)5-9(7)11/h3-5H,1H2,2H3. The number of ether oxygens (including phenoxy) is 1. The van der Waals surface area contributed by atoms with Crippen LogP contribution in [0.25, 0.3) is 6.08 Å². The van der Waals surface area contributed by atoms with Crippen molar-refractivity contribution >= 4 is 6.08 Å². The normalized spacial score (nSPS) is 9.00. The molecule has 0 saturated carbocycles. The number of methoxy groups -OCH3 is 1. The van der Waals surface area contributed by atoms with Crippen molar-refractivity contribution in [3.63, 3.8) is 0 Å². The first kappa shape index (κ1) is 9.27. The summed E-state index contributed by atoms with van der Waals surface area (Å²) in [5, 5.41) is 8.67. The molecule has 0 aliphatic carbocycles. The van der Waals surface area contributed by atoms with Gasteiger partial charge in [-0.3, -0.25) is 0 Å². The summed E-state index contributed by atoms with van der Waals surface area (Å²) in [7, 11) is 1.39. The highest BCUT2D eigenvalue weighted by Crippen LogP contribution is 2.22. The lowest BCUT2D eigenvalue weighted by Gasteiger charge is -2.04. The third-order valence-electron chi connectivity index (χ3n) is 1.66. The molecule has 0 saturated heterocycles. The molecule has 3 heteroatoms. The number of halogens is 1. The van der Waals surface area contributed by atoms with Gasteiger partial charge in [-0.05, 0) is 6.07 Å². The molecule has 0 heterocycles. The zero-order valence-electron chi connectivity index (χ0n) is 7.17. The van der Waals surface area contributed by atoms with E-state index in [1.54, 1.807) is 0 Å². The van der Waals surface area contributed by atoms with Crippen molar-refractivity contribution in [2.45, 2.75) is 0 Å². The monoisotopic (exact) mass is 177 g/mol. The maximum absolute atomic E-state index is 13.1. The summed E-state index contributed by atoms with van der Waals surface area (Å²) >= 11 is 0. The number of hydrogen-bond acceptors (Lipinski definition) is 2. The second-order valence-corrected chi connectivity index (χ2v) is 2.39. The van der Waals surface area contributed by atoms with Crippen LogP contribution in [-0.4, -0.2) is 7.11 Å². The van der Waals surface area contributed by atoms with Crippen molar-refractivity contribution in [2.75, 3.05) is 7.11 Å². The molecule has 0 unspecified atom stereocenters. The third kappa shape index (κ3) is 1.67. The molecule has 1 rings (SSSR count). The molecule has 0 N–H and O–H groups in total. The highest BCUT2D eigenvalue weighted by molar-refractivity contribution is 5.56. The Bertz CT molecular complexity index is 379. The van der Waals surface area contributed by atoms with Crippen LogP contribution in [0.5, 0.6) is 5.75 Å². The van der Waals surface area contributed by atoms with Gasteiger partial charge in [-0.25, -0.2) is 4.39 Å². The number of benzene rings is 1.